The molecule has 0 aromatic heterocycles. The average Bonchev–Trinajstić information content (AvgIpc) is 2.77. The van der Waals surface area contributed by atoms with Crippen LogP contribution in [0.3, 0.4) is 0 Å². The standard InChI is InChI=1S/C25H26N2O2/c1-20(25(29)26-18-22-13-7-3-8-14-22)27(19-23-15-9-4-10-16-23)24(28)17-21-11-5-2-6-12-21/h2-16,20H,17-19H2,1H3,(H,26,29)/t20-/m1/s1. The van der Waals surface area contributed by atoms with E-state index in [2.05, 4.69) is 5.32 Å². The second-order valence-corrected chi connectivity index (χ2v) is 7.05. The first kappa shape index (κ1) is 20.3. The Labute approximate surface area is 172 Å². The van der Waals surface area contributed by atoms with E-state index in [1.54, 1.807) is 11.8 Å². The van der Waals surface area contributed by atoms with Crippen LogP contribution in [0.1, 0.15) is 23.6 Å². The van der Waals surface area contributed by atoms with Crippen molar-refractivity contribution in [2.75, 3.05) is 0 Å². The number of hydrogen-bond donors (Lipinski definition) is 1. The van der Waals surface area contributed by atoms with E-state index in [1.165, 1.54) is 0 Å². The smallest absolute Gasteiger partial charge is 0.242 e. The van der Waals surface area contributed by atoms with Gasteiger partial charge in [0, 0.05) is 13.1 Å². The van der Waals surface area contributed by atoms with E-state index in [0.717, 1.165) is 16.7 Å². The van der Waals surface area contributed by atoms with E-state index in [9.17, 15) is 9.59 Å². The van der Waals surface area contributed by atoms with Crippen LogP contribution in [0.5, 0.6) is 0 Å². The van der Waals surface area contributed by atoms with Crippen LogP contribution in [-0.4, -0.2) is 22.8 Å². The molecule has 29 heavy (non-hydrogen) atoms. The first-order valence-electron chi connectivity index (χ1n) is 9.82. The highest BCUT2D eigenvalue weighted by atomic mass is 16.2. The normalized spacial score (nSPS) is 11.5. The van der Waals surface area contributed by atoms with Gasteiger partial charge in [-0.05, 0) is 23.6 Å². The molecule has 2 amide bonds. The summed E-state index contributed by atoms with van der Waals surface area (Å²) in [5.74, 6) is -0.228. The van der Waals surface area contributed by atoms with E-state index >= 15 is 0 Å². The van der Waals surface area contributed by atoms with Crippen molar-refractivity contribution in [3.8, 4) is 0 Å². The van der Waals surface area contributed by atoms with Crippen molar-refractivity contribution in [2.45, 2.75) is 32.5 Å². The minimum Gasteiger partial charge on any atom is -0.350 e. The van der Waals surface area contributed by atoms with Gasteiger partial charge in [-0.3, -0.25) is 9.59 Å². The Bertz CT molecular complexity index is 911. The van der Waals surface area contributed by atoms with Crippen molar-refractivity contribution in [3.63, 3.8) is 0 Å². The van der Waals surface area contributed by atoms with Crippen molar-refractivity contribution >= 4 is 11.8 Å². The highest BCUT2D eigenvalue weighted by Crippen LogP contribution is 2.12. The predicted molar refractivity (Wildman–Crippen MR) is 115 cm³/mol. The third-order valence-electron chi connectivity index (χ3n) is 4.87. The minimum absolute atomic E-state index is 0.0672. The SMILES string of the molecule is C[C@H](C(=O)NCc1ccccc1)N(Cc1ccccc1)C(=O)Cc1ccccc1. The molecule has 0 aliphatic rings. The van der Waals surface area contributed by atoms with Gasteiger partial charge >= 0.3 is 0 Å². The van der Waals surface area contributed by atoms with Crippen molar-refractivity contribution < 1.29 is 9.59 Å². The lowest BCUT2D eigenvalue weighted by Crippen LogP contribution is -2.47. The molecule has 0 unspecified atom stereocenters. The zero-order valence-corrected chi connectivity index (χ0v) is 16.6. The fourth-order valence-corrected chi connectivity index (χ4v) is 3.17. The molecule has 0 fully saturated rings. The summed E-state index contributed by atoms with van der Waals surface area (Å²) >= 11 is 0. The molecule has 148 valence electrons. The Morgan fingerprint density at radius 2 is 1.24 bits per heavy atom. The van der Waals surface area contributed by atoms with Crippen LogP contribution in [0, 0.1) is 0 Å². The van der Waals surface area contributed by atoms with E-state index < -0.39 is 6.04 Å². The van der Waals surface area contributed by atoms with Gasteiger partial charge < -0.3 is 10.2 Å². The van der Waals surface area contributed by atoms with Crippen molar-refractivity contribution in [1.29, 1.82) is 0 Å². The van der Waals surface area contributed by atoms with E-state index in [4.69, 9.17) is 0 Å². The second-order valence-electron chi connectivity index (χ2n) is 7.05. The van der Waals surface area contributed by atoms with Crippen LogP contribution in [-0.2, 0) is 29.1 Å². The van der Waals surface area contributed by atoms with Gasteiger partial charge in [-0.15, -0.1) is 0 Å². The Balaban J connectivity index is 1.71. The van der Waals surface area contributed by atoms with Crippen LogP contribution in [0.4, 0.5) is 0 Å². The Morgan fingerprint density at radius 3 is 1.79 bits per heavy atom. The fourth-order valence-electron chi connectivity index (χ4n) is 3.17. The summed E-state index contributed by atoms with van der Waals surface area (Å²) in [5, 5.41) is 2.95. The lowest BCUT2D eigenvalue weighted by Gasteiger charge is -2.29. The average molecular weight is 386 g/mol. The molecule has 3 aromatic rings. The van der Waals surface area contributed by atoms with Crippen LogP contribution in [0.15, 0.2) is 91.0 Å². The van der Waals surface area contributed by atoms with Gasteiger partial charge in [0.1, 0.15) is 6.04 Å². The largest absolute Gasteiger partial charge is 0.350 e. The molecule has 3 rings (SSSR count). The van der Waals surface area contributed by atoms with Gasteiger partial charge in [-0.2, -0.15) is 0 Å². The summed E-state index contributed by atoms with van der Waals surface area (Å²) in [6, 6.07) is 28.6. The molecule has 0 aliphatic carbocycles. The maximum atomic E-state index is 13.1. The van der Waals surface area contributed by atoms with Crippen LogP contribution in [0.25, 0.3) is 0 Å². The van der Waals surface area contributed by atoms with Crippen molar-refractivity contribution in [2.24, 2.45) is 0 Å². The molecule has 4 nitrogen and oxygen atoms in total. The number of hydrogen-bond acceptors (Lipinski definition) is 2. The summed E-state index contributed by atoms with van der Waals surface area (Å²) < 4.78 is 0. The number of carbonyl (C=O) groups excluding carboxylic acids is 2. The zero-order chi connectivity index (χ0) is 20.5. The molecule has 0 heterocycles. The number of nitrogens with zero attached hydrogens (tertiary/aromatic N) is 1. The molecule has 0 aliphatic heterocycles. The topological polar surface area (TPSA) is 49.4 Å². The van der Waals surface area contributed by atoms with E-state index in [-0.39, 0.29) is 18.2 Å². The number of amides is 2. The number of benzene rings is 3. The summed E-state index contributed by atoms with van der Waals surface area (Å²) in [6.07, 6.45) is 0.268. The molecule has 3 aromatic carbocycles. The van der Waals surface area contributed by atoms with E-state index in [0.29, 0.717) is 13.1 Å². The van der Waals surface area contributed by atoms with Gasteiger partial charge in [-0.25, -0.2) is 0 Å². The molecule has 4 heteroatoms. The molecule has 0 radical (unpaired) electrons. The first-order chi connectivity index (χ1) is 14.1. The molecular weight excluding hydrogens is 360 g/mol. The third kappa shape index (κ3) is 6.04. The quantitative estimate of drug-likeness (QED) is 0.637. The van der Waals surface area contributed by atoms with Gasteiger partial charge in [0.05, 0.1) is 6.42 Å². The molecule has 0 saturated carbocycles. The molecule has 1 atom stereocenters. The number of carbonyl (C=O) groups is 2. The van der Waals surface area contributed by atoms with E-state index in [1.807, 2.05) is 91.0 Å². The first-order valence-corrected chi connectivity index (χ1v) is 9.82. The fraction of sp³-hybridized carbons (Fsp3) is 0.200. The highest BCUT2D eigenvalue weighted by molar-refractivity contribution is 5.88. The van der Waals surface area contributed by atoms with Crippen LogP contribution < -0.4 is 5.32 Å². The zero-order valence-electron chi connectivity index (χ0n) is 16.6. The summed E-state index contributed by atoms with van der Waals surface area (Å²) in [4.78, 5) is 27.5. The lowest BCUT2D eigenvalue weighted by atomic mass is 10.1. The Kier molecular flexibility index (Phi) is 7.17. The van der Waals surface area contributed by atoms with Crippen molar-refractivity contribution in [1.82, 2.24) is 10.2 Å². The molecule has 0 bridgehead atoms. The van der Waals surface area contributed by atoms with Crippen LogP contribution >= 0.6 is 0 Å². The summed E-state index contributed by atoms with van der Waals surface area (Å²) in [6.45, 7) is 2.62. The summed E-state index contributed by atoms with van der Waals surface area (Å²) in [5.41, 5.74) is 2.96. The Morgan fingerprint density at radius 1 is 0.759 bits per heavy atom. The molecule has 0 saturated heterocycles. The minimum atomic E-state index is -0.574. The monoisotopic (exact) mass is 386 g/mol. The van der Waals surface area contributed by atoms with Crippen LogP contribution in [0.2, 0.25) is 0 Å². The number of nitrogens with one attached hydrogen (secondary N) is 1. The molecular formula is C25H26N2O2. The molecule has 1 N–H and O–H groups in total. The maximum absolute atomic E-state index is 13.1. The Hall–Kier alpha value is -3.40. The second kappa shape index (κ2) is 10.2. The predicted octanol–water partition coefficient (Wildman–Crippen LogP) is 3.96. The molecule has 0 spiro atoms. The summed E-state index contributed by atoms with van der Waals surface area (Å²) in [7, 11) is 0. The van der Waals surface area contributed by atoms with Gasteiger partial charge in [-0.1, -0.05) is 91.0 Å². The number of rotatable bonds is 8. The lowest BCUT2D eigenvalue weighted by molar-refractivity contribution is -0.140. The van der Waals surface area contributed by atoms with Gasteiger partial charge in [0.25, 0.3) is 0 Å². The van der Waals surface area contributed by atoms with Gasteiger partial charge in [0.2, 0.25) is 11.8 Å². The highest BCUT2D eigenvalue weighted by Gasteiger charge is 2.26. The van der Waals surface area contributed by atoms with Crippen molar-refractivity contribution in [3.05, 3.63) is 108 Å². The third-order valence-corrected chi connectivity index (χ3v) is 4.87. The maximum Gasteiger partial charge on any atom is 0.242 e. The van der Waals surface area contributed by atoms with Gasteiger partial charge in [0.15, 0.2) is 0 Å².